The van der Waals surface area contributed by atoms with E-state index in [2.05, 4.69) is 12.1 Å². The Bertz CT molecular complexity index is 301. The Morgan fingerprint density at radius 1 is 0.750 bits per heavy atom. The topological polar surface area (TPSA) is 0 Å². The van der Waals surface area contributed by atoms with E-state index in [9.17, 15) is 0 Å². The fraction of sp³-hybridized carbons (Fsp3) is 0.250. The second-order valence-electron chi connectivity index (χ2n) is 2.53. The SMILES string of the molecule is c1cc2c3c(c1SCS3)SCS2. The summed E-state index contributed by atoms with van der Waals surface area (Å²) in [4.78, 5) is 6.09. The van der Waals surface area contributed by atoms with Gasteiger partial charge in [0.25, 0.3) is 0 Å². The summed E-state index contributed by atoms with van der Waals surface area (Å²) in [5, 5.41) is 2.40. The van der Waals surface area contributed by atoms with Crippen LogP contribution in [0.2, 0.25) is 0 Å². The van der Waals surface area contributed by atoms with E-state index in [0.717, 1.165) is 0 Å². The Kier molecular flexibility index (Phi) is 2.05. The second kappa shape index (κ2) is 3.08. The van der Waals surface area contributed by atoms with Gasteiger partial charge in [-0.2, -0.15) is 0 Å². The molecule has 0 aliphatic carbocycles. The van der Waals surface area contributed by atoms with Crippen molar-refractivity contribution in [1.29, 1.82) is 0 Å². The zero-order valence-corrected chi connectivity index (χ0v) is 9.47. The third-order valence-corrected chi connectivity index (χ3v) is 6.88. The lowest BCUT2D eigenvalue weighted by Crippen LogP contribution is -1.97. The van der Waals surface area contributed by atoms with Gasteiger partial charge in [0.15, 0.2) is 0 Å². The first kappa shape index (κ1) is 7.97. The van der Waals surface area contributed by atoms with Crippen molar-refractivity contribution in [2.75, 3.05) is 10.2 Å². The fourth-order valence-corrected chi connectivity index (χ4v) is 6.65. The number of benzene rings is 1. The predicted molar refractivity (Wildman–Crippen MR) is 59.6 cm³/mol. The highest BCUT2D eigenvalue weighted by atomic mass is 32.2. The van der Waals surface area contributed by atoms with Gasteiger partial charge in [-0.15, -0.1) is 47.0 Å². The van der Waals surface area contributed by atoms with Gasteiger partial charge in [0, 0.05) is 29.8 Å². The van der Waals surface area contributed by atoms with Gasteiger partial charge in [-0.25, -0.2) is 0 Å². The van der Waals surface area contributed by atoms with Crippen LogP contribution in [0.5, 0.6) is 0 Å². The molecule has 0 N–H and O–H groups in total. The highest BCUT2D eigenvalue weighted by molar-refractivity contribution is 8.20. The van der Waals surface area contributed by atoms with Crippen LogP contribution in [0, 0.1) is 0 Å². The first-order chi connectivity index (χ1) is 5.95. The van der Waals surface area contributed by atoms with Crippen LogP contribution in [-0.2, 0) is 0 Å². The van der Waals surface area contributed by atoms with E-state index >= 15 is 0 Å². The summed E-state index contributed by atoms with van der Waals surface area (Å²) in [6.45, 7) is 0. The molecule has 0 spiro atoms. The number of hydrogen-bond donors (Lipinski definition) is 0. The molecule has 4 bridgehead atoms. The fourth-order valence-electron chi connectivity index (χ4n) is 1.33. The Morgan fingerprint density at radius 2 is 1.25 bits per heavy atom. The smallest absolute Gasteiger partial charge is 0.0487 e. The van der Waals surface area contributed by atoms with E-state index in [1.165, 1.54) is 20.0 Å². The summed E-state index contributed by atoms with van der Waals surface area (Å²) in [7, 11) is 0. The maximum Gasteiger partial charge on any atom is 0.0487 e. The molecule has 2 aliphatic heterocycles. The molecule has 62 valence electrons. The average Bonchev–Trinajstić information content (AvgIpc) is 2.07. The van der Waals surface area contributed by atoms with Gasteiger partial charge >= 0.3 is 0 Å². The molecule has 0 saturated carbocycles. The minimum absolute atomic E-state index is 1.20. The molecule has 1 aromatic rings. The maximum atomic E-state index is 2.28. The van der Waals surface area contributed by atoms with E-state index in [1.807, 2.05) is 47.0 Å². The van der Waals surface area contributed by atoms with Gasteiger partial charge in [0.05, 0.1) is 0 Å². The Balaban J connectivity index is 2.29. The summed E-state index contributed by atoms with van der Waals surface area (Å²) in [6, 6.07) is 4.55. The quantitative estimate of drug-likeness (QED) is 0.660. The molecule has 0 unspecified atom stereocenters. The summed E-state index contributed by atoms with van der Waals surface area (Å²) < 4.78 is 0. The number of hydrogen-bond acceptors (Lipinski definition) is 4. The van der Waals surface area contributed by atoms with Crippen LogP contribution in [0.25, 0.3) is 0 Å². The lowest BCUT2D eigenvalue weighted by Gasteiger charge is -2.24. The van der Waals surface area contributed by atoms with Crippen LogP contribution < -0.4 is 0 Å². The zero-order chi connectivity index (χ0) is 7.97. The Hall–Kier alpha value is 0.620. The lowest BCUT2D eigenvalue weighted by atomic mass is 10.3. The Labute approximate surface area is 88.6 Å². The van der Waals surface area contributed by atoms with Crippen LogP contribution in [0.1, 0.15) is 0 Å². The van der Waals surface area contributed by atoms with Gasteiger partial charge in [-0.1, -0.05) is 0 Å². The normalized spacial score (nSPS) is 19.3. The molecule has 4 heteroatoms. The van der Waals surface area contributed by atoms with Crippen molar-refractivity contribution in [2.24, 2.45) is 0 Å². The third kappa shape index (κ3) is 1.12. The van der Waals surface area contributed by atoms with Gasteiger partial charge in [-0.3, -0.25) is 0 Å². The Morgan fingerprint density at radius 3 is 1.75 bits per heavy atom. The second-order valence-corrected chi connectivity index (χ2v) is 7.27. The van der Waals surface area contributed by atoms with E-state index < -0.39 is 0 Å². The van der Waals surface area contributed by atoms with Crippen molar-refractivity contribution in [3.63, 3.8) is 0 Å². The van der Waals surface area contributed by atoms with Crippen LogP contribution in [0.4, 0.5) is 0 Å². The molecular formula is C8H6S4. The summed E-state index contributed by atoms with van der Waals surface area (Å²) in [5.41, 5.74) is 0. The van der Waals surface area contributed by atoms with E-state index in [1.54, 1.807) is 9.79 Å². The van der Waals surface area contributed by atoms with E-state index in [-0.39, 0.29) is 0 Å². The zero-order valence-electron chi connectivity index (χ0n) is 6.20. The molecule has 0 aromatic heterocycles. The monoisotopic (exact) mass is 230 g/mol. The largest absolute Gasteiger partial charge is 0.114 e. The van der Waals surface area contributed by atoms with Crippen LogP contribution in [0.3, 0.4) is 0 Å². The molecule has 0 atom stereocenters. The average molecular weight is 230 g/mol. The summed E-state index contributed by atoms with van der Waals surface area (Å²) in [6.07, 6.45) is 0. The molecule has 1 aromatic carbocycles. The molecule has 0 nitrogen and oxygen atoms in total. The van der Waals surface area contributed by atoms with Gasteiger partial charge in [0.1, 0.15) is 0 Å². The van der Waals surface area contributed by atoms with Crippen LogP contribution in [-0.4, -0.2) is 10.2 Å². The summed E-state index contributed by atoms with van der Waals surface area (Å²) in [5.74, 6) is 0. The third-order valence-electron chi connectivity index (χ3n) is 1.88. The van der Waals surface area contributed by atoms with Crippen molar-refractivity contribution in [3.8, 4) is 0 Å². The van der Waals surface area contributed by atoms with Crippen molar-refractivity contribution in [1.82, 2.24) is 0 Å². The van der Waals surface area contributed by atoms with Gasteiger partial charge in [-0.05, 0) is 12.1 Å². The van der Waals surface area contributed by atoms with Gasteiger partial charge in [0.2, 0.25) is 0 Å². The molecule has 0 radical (unpaired) electrons. The van der Waals surface area contributed by atoms with Crippen molar-refractivity contribution in [2.45, 2.75) is 19.6 Å². The molecular weight excluding hydrogens is 224 g/mol. The molecule has 2 aliphatic rings. The minimum atomic E-state index is 1.20. The number of thioether (sulfide) groups is 4. The molecule has 0 saturated heterocycles. The highest BCUT2D eigenvalue weighted by Gasteiger charge is 2.22. The molecule has 0 amide bonds. The first-order valence-electron chi connectivity index (χ1n) is 3.63. The molecule has 3 rings (SSSR count). The maximum absolute atomic E-state index is 2.28. The van der Waals surface area contributed by atoms with E-state index in [4.69, 9.17) is 0 Å². The van der Waals surface area contributed by atoms with Crippen LogP contribution >= 0.6 is 47.0 Å². The lowest BCUT2D eigenvalue weighted by molar-refractivity contribution is 1.02. The molecule has 12 heavy (non-hydrogen) atoms. The van der Waals surface area contributed by atoms with E-state index in [0.29, 0.717) is 0 Å². The first-order valence-corrected chi connectivity index (χ1v) is 7.57. The van der Waals surface area contributed by atoms with Crippen molar-refractivity contribution in [3.05, 3.63) is 12.1 Å². The predicted octanol–water partition coefficient (Wildman–Crippen LogP) is 4.00. The highest BCUT2D eigenvalue weighted by Crippen LogP contribution is 2.53. The molecule has 0 fully saturated rings. The van der Waals surface area contributed by atoms with Crippen molar-refractivity contribution < 1.29 is 0 Å². The van der Waals surface area contributed by atoms with Crippen molar-refractivity contribution >= 4 is 47.0 Å². The number of rotatable bonds is 0. The van der Waals surface area contributed by atoms with Crippen LogP contribution in [0.15, 0.2) is 31.7 Å². The summed E-state index contributed by atoms with van der Waals surface area (Å²) >= 11 is 7.96. The minimum Gasteiger partial charge on any atom is -0.114 e. The standard InChI is InChI=1S/C8H6S4/c1-2-6-8-7(11-4-10-6)5(1)9-3-12-8/h1-2H,3-4H2. The van der Waals surface area contributed by atoms with Gasteiger partial charge < -0.3 is 0 Å². The molecule has 2 heterocycles.